The quantitative estimate of drug-likeness (QED) is 0.492. The van der Waals surface area contributed by atoms with Gasteiger partial charge in [0.15, 0.2) is 5.96 Å². The maximum absolute atomic E-state index is 9.52. The van der Waals surface area contributed by atoms with Gasteiger partial charge >= 0.3 is 0 Å². The third-order valence-electron chi connectivity index (χ3n) is 6.31. The highest BCUT2D eigenvalue weighted by molar-refractivity contribution is 5.80. The van der Waals surface area contributed by atoms with E-state index in [1.165, 1.54) is 50.5 Å². The van der Waals surface area contributed by atoms with Gasteiger partial charge in [0.1, 0.15) is 0 Å². The van der Waals surface area contributed by atoms with Crippen molar-refractivity contribution in [3.05, 3.63) is 35.9 Å². The van der Waals surface area contributed by atoms with Crippen molar-refractivity contribution in [2.24, 2.45) is 10.4 Å². The second-order valence-corrected chi connectivity index (χ2v) is 8.23. The van der Waals surface area contributed by atoms with Crippen molar-refractivity contribution < 1.29 is 5.11 Å². The molecular formula is C22H35N3O. The van der Waals surface area contributed by atoms with Crippen molar-refractivity contribution in [3.63, 3.8) is 0 Å². The molecule has 0 spiro atoms. The van der Waals surface area contributed by atoms with Gasteiger partial charge < -0.3 is 15.7 Å². The SMILES string of the molecule is CCNC(=NCC1(CCO)CCCCC1)NCC1(c2ccccc2)CC1. The van der Waals surface area contributed by atoms with Gasteiger partial charge in [-0.1, -0.05) is 49.6 Å². The van der Waals surface area contributed by atoms with Gasteiger partial charge in [-0.25, -0.2) is 0 Å². The van der Waals surface area contributed by atoms with Crippen molar-refractivity contribution in [2.75, 3.05) is 26.2 Å². The molecule has 0 amide bonds. The first-order chi connectivity index (χ1) is 12.7. The minimum absolute atomic E-state index is 0.200. The number of rotatable bonds is 8. The molecule has 4 nitrogen and oxygen atoms in total. The fourth-order valence-corrected chi connectivity index (χ4v) is 4.38. The summed E-state index contributed by atoms with van der Waals surface area (Å²) in [5.74, 6) is 0.928. The zero-order chi connectivity index (χ0) is 18.3. The highest BCUT2D eigenvalue weighted by atomic mass is 16.3. The summed E-state index contributed by atoms with van der Waals surface area (Å²) in [6, 6.07) is 10.9. The molecule has 144 valence electrons. The largest absolute Gasteiger partial charge is 0.396 e. The average molecular weight is 358 g/mol. The van der Waals surface area contributed by atoms with Crippen LogP contribution in [-0.4, -0.2) is 37.3 Å². The van der Waals surface area contributed by atoms with Crippen molar-refractivity contribution >= 4 is 5.96 Å². The maximum atomic E-state index is 9.52. The molecule has 0 heterocycles. The molecule has 2 saturated carbocycles. The van der Waals surface area contributed by atoms with E-state index < -0.39 is 0 Å². The van der Waals surface area contributed by atoms with Gasteiger partial charge in [0, 0.05) is 31.7 Å². The van der Waals surface area contributed by atoms with Crippen LogP contribution in [0, 0.1) is 5.41 Å². The highest BCUT2D eigenvalue weighted by Gasteiger charge is 2.44. The molecule has 2 aliphatic carbocycles. The Morgan fingerprint density at radius 1 is 1.04 bits per heavy atom. The number of benzene rings is 1. The van der Waals surface area contributed by atoms with Crippen molar-refractivity contribution in [1.29, 1.82) is 0 Å². The van der Waals surface area contributed by atoms with Crippen LogP contribution < -0.4 is 10.6 Å². The van der Waals surface area contributed by atoms with Crippen LogP contribution in [-0.2, 0) is 5.41 Å². The number of guanidine groups is 1. The topological polar surface area (TPSA) is 56.7 Å². The maximum Gasteiger partial charge on any atom is 0.191 e. The summed E-state index contributed by atoms with van der Waals surface area (Å²) >= 11 is 0. The number of nitrogens with zero attached hydrogens (tertiary/aromatic N) is 1. The summed E-state index contributed by atoms with van der Waals surface area (Å²) in [4.78, 5) is 4.94. The molecule has 4 heteroatoms. The molecule has 0 aliphatic heterocycles. The molecule has 0 radical (unpaired) electrons. The second kappa shape index (κ2) is 8.90. The molecule has 0 saturated heterocycles. The monoisotopic (exact) mass is 357 g/mol. The Kier molecular flexibility index (Phi) is 6.58. The van der Waals surface area contributed by atoms with E-state index in [0.29, 0.717) is 0 Å². The highest BCUT2D eigenvalue weighted by Crippen LogP contribution is 2.47. The number of hydrogen-bond acceptors (Lipinski definition) is 2. The first-order valence-corrected chi connectivity index (χ1v) is 10.4. The van der Waals surface area contributed by atoms with E-state index in [0.717, 1.165) is 32.0 Å². The Labute approximate surface area is 158 Å². The molecule has 1 aromatic carbocycles. The van der Waals surface area contributed by atoms with Crippen LogP contribution in [0.3, 0.4) is 0 Å². The van der Waals surface area contributed by atoms with E-state index in [1.807, 2.05) is 0 Å². The van der Waals surface area contributed by atoms with Crippen LogP contribution in [0.2, 0.25) is 0 Å². The fraction of sp³-hybridized carbons (Fsp3) is 0.682. The predicted molar refractivity (Wildman–Crippen MR) is 109 cm³/mol. The van der Waals surface area contributed by atoms with E-state index in [9.17, 15) is 5.11 Å². The van der Waals surface area contributed by atoms with Gasteiger partial charge in [-0.05, 0) is 50.0 Å². The minimum atomic E-state index is 0.200. The van der Waals surface area contributed by atoms with Crippen LogP contribution in [0.15, 0.2) is 35.3 Å². The zero-order valence-corrected chi connectivity index (χ0v) is 16.3. The summed E-state index contributed by atoms with van der Waals surface area (Å²) < 4.78 is 0. The minimum Gasteiger partial charge on any atom is -0.396 e. The molecule has 3 rings (SSSR count). The van der Waals surface area contributed by atoms with Crippen LogP contribution >= 0.6 is 0 Å². The Morgan fingerprint density at radius 2 is 1.77 bits per heavy atom. The first-order valence-electron chi connectivity index (χ1n) is 10.4. The van der Waals surface area contributed by atoms with Crippen LogP contribution in [0.1, 0.15) is 63.9 Å². The number of aliphatic imine (C=N–C) groups is 1. The van der Waals surface area contributed by atoms with Crippen molar-refractivity contribution in [3.8, 4) is 0 Å². The third kappa shape index (κ3) is 4.79. The molecule has 26 heavy (non-hydrogen) atoms. The van der Waals surface area contributed by atoms with E-state index in [2.05, 4.69) is 47.9 Å². The fourth-order valence-electron chi connectivity index (χ4n) is 4.38. The number of aliphatic hydroxyl groups is 1. The third-order valence-corrected chi connectivity index (χ3v) is 6.31. The lowest BCUT2D eigenvalue weighted by molar-refractivity contribution is 0.137. The molecular weight excluding hydrogens is 322 g/mol. The predicted octanol–water partition coefficient (Wildman–Crippen LogP) is 3.61. The molecule has 2 aliphatic rings. The van der Waals surface area contributed by atoms with E-state index in [4.69, 9.17) is 4.99 Å². The smallest absolute Gasteiger partial charge is 0.191 e. The van der Waals surface area contributed by atoms with Gasteiger partial charge in [0.2, 0.25) is 0 Å². The van der Waals surface area contributed by atoms with Crippen molar-refractivity contribution in [2.45, 2.75) is 63.7 Å². The summed E-state index contributed by atoms with van der Waals surface area (Å²) in [6.45, 7) is 5.02. The molecule has 2 fully saturated rings. The van der Waals surface area contributed by atoms with Crippen LogP contribution in [0.4, 0.5) is 0 Å². The summed E-state index contributed by atoms with van der Waals surface area (Å²) in [5, 5.41) is 16.5. The van der Waals surface area contributed by atoms with Crippen LogP contribution in [0.5, 0.6) is 0 Å². The normalized spacial score (nSPS) is 21.2. The van der Waals surface area contributed by atoms with Crippen LogP contribution in [0.25, 0.3) is 0 Å². The Hall–Kier alpha value is -1.55. The lowest BCUT2D eigenvalue weighted by Gasteiger charge is -2.35. The number of nitrogens with one attached hydrogen (secondary N) is 2. The van der Waals surface area contributed by atoms with Gasteiger partial charge in [-0.2, -0.15) is 0 Å². The lowest BCUT2D eigenvalue weighted by atomic mass is 9.72. The van der Waals surface area contributed by atoms with Gasteiger partial charge in [-0.15, -0.1) is 0 Å². The standard InChI is InChI=1S/C22H35N3O/c1-2-23-20(24-17-21(15-16-26)11-7-4-8-12-21)25-18-22(13-14-22)19-9-5-3-6-10-19/h3,5-6,9-10,26H,2,4,7-8,11-18H2,1H3,(H2,23,24,25). The zero-order valence-electron chi connectivity index (χ0n) is 16.3. The summed E-state index contributed by atoms with van der Waals surface area (Å²) in [5.41, 5.74) is 1.92. The molecule has 0 aromatic heterocycles. The second-order valence-electron chi connectivity index (χ2n) is 8.23. The van der Waals surface area contributed by atoms with Gasteiger partial charge in [0.05, 0.1) is 0 Å². The Bertz CT molecular complexity index is 569. The summed E-state index contributed by atoms with van der Waals surface area (Å²) in [7, 11) is 0. The van der Waals surface area contributed by atoms with E-state index in [-0.39, 0.29) is 17.4 Å². The van der Waals surface area contributed by atoms with Crippen molar-refractivity contribution in [1.82, 2.24) is 10.6 Å². The van der Waals surface area contributed by atoms with Gasteiger partial charge in [0.25, 0.3) is 0 Å². The first kappa shape index (κ1) is 19.2. The Balaban J connectivity index is 1.62. The lowest BCUT2D eigenvalue weighted by Crippen LogP contribution is -2.42. The molecule has 0 atom stereocenters. The van der Waals surface area contributed by atoms with E-state index >= 15 is 0 Å². The molecule has 1 aromatic rings. The Morgan fingerprint density at radius 3 is 2.38 bits per heavy atom. The molecule has 0 bridgehead atoms. The van der Waals surface area contributed by atoms with E-state index in [1.54, 1.807) is 0 Å². The average Bonchev–Trinajstić information content (AvgIpc) is 3.47. The molecule has 3 N–H and O–H groups in total. The summed E-state index contributed by atoms with van der Waals surface area (Å²) in [6.07, 6.45) is 9.65. The molecule has 0 unspecified atom stereocenters. The number of aliphatic hydroxyl groups excluding tert-OH is 1. The number of hydrogen-bond donors (Lipinski definition) is 3. The van der Waals surface area contributed by atoms with Gasteiger partial charge in [-0.3, -0.25) is 4.99 Å².